The van der Waals surface area contributed by atoms with Gasteiger partial charge in [0.1, 0.15) is 5.69 Å². The molecule has 0 saturated carbocycles. The zero-order valence-corrected chi connectivity index (χ0v) is 8.80. The van der Waals surface area contributed by atoms with Gasteiger partial charge in [-0.1, -0.05) is 12.2 Å². The summed E-state index contributed by atoms with van der Waals surface area (Å²) in [7, 11) is 0. The zero-order valence-electron chi connectivity index (χ0n) is 8.80. The first-order chi connectivity index (χ1) is 7.36. The standard InChI is InChI=1S/C11H10F3NO/c1-3-4-8-5-9(11(12,13)14)6-15-10(8)7(2)16/h3-6H,1-2H3/b4-3+. The fourth-order valence-electron chi connectivity index (χ4n) is 1.24. The number of ketones is 1. The Balaban J connectivity index is 3.34. The van der Waals surface area contributed by atoms with Gasteiger partial charge in [-0.3, -0.25) is 9.78 Å². The number of nitrogens with zero attached hydrogens (tertiary/aromatic N) is 1. The predicted molar refractivity (Wildman–Crippen MR) is 54.0 cm³/mol. The van der Waals surface area contributed by atoms with Crippen LogP contribution in [0.3, 0.4) is 0 Å². The average molecular weight is 229 g/mol. The van der Waals surface area contributed by atoms with Gasteiger partial charge in [0.05, 0.1) is 5.56 Å². The molecule has 0 aliphatic rings. The lowest BCUT2D eigenvalue weighted by molar-refractivity contribution is -0.137. The molecule has 0 fully saturated rings. The lowest BCUT2D eigenvalue weighted by atomic mass is 10.1. The van der Waals surface area contributed by atoms with Crippen molar-refractivity contribution in [3.63, 3.8) is 0 Å². The van der Waals surface area contributed by atoms with E-state index in [0.29, 0.717) is 6.20 Å². The topological polar surface area (TPSA) is 30.0 Å². The SMILES string of the molecule is C/C=C/c1cc(C(F)(F)F)cnc1C(C)=O. The number of Topliss-reactive ketones (excluding diaryl/α,β-unsaturated/α-hetero) is 1. The monoisotopic (exact) mass is 229 g/mol. The maximum absolute atomic E-state index is 12.4. The third kappa shape index (κ3) is 2.68. The molecule has 0 amide bonds. The second-order valence-electron chi connectivity index (χ2n) is 3.22. The van der Waals surface area contributed by atoms with Crippen molar-refractivity contribution in [2.75, 3.05) is 0 Å². The Labute approximate surface area is 90.8 Å². The molecule has 0 unspecified atom stereocenters. The van der Waals surface area contributed by atoms with Gasteiger partial charge in [-0.25, -0.2) is 0 Å². The highest BCUT2D eigenvalue weighted by Crippen LogP contribution is 2.30. The van der Waals surface area contributed by atoms with E-state index in [-0.39, 0.29) is 17.0 Å². The molecule has 1 rings (SSSR count). The van der Waals surface area contributed by atoms with Crippen LogP contribution in [0.15, 0.2) is 18.3 Å². The van der Waals surface area contributed by atoms with Gasteiger partial charge in [0.2, 0.25) is 0 Å². The van der Waals surface area contributed by atoms with Crippen LogP contribution in [-0.4, -0.2) is 10.8 Å². The van der Waals surface area contributed by atoms with Crippen LogP contribution in [-0.2, 0) is 6.18 Å². The van der Waals surface area contributed by atoms with E-state index in [1.165, 1.54) is 13.0 Å². The Bertz CT molecular complexity index is 435. The van der Waals surface area contributed by atoms with Crippen LogP contribution in [0, 0.1) is 0 Å². The van der Waals surface area contributed by atoms with Crippen molar-refractivity contribution in [3.8, 4) is 0 Å². The van der Waals surface area contributed by atoms with Crippen molar-refractivity contribution >= 4 is 11.9 Å². The number of hydrogen-bond donors (Lipinski definition) is 0. The molecule has 0 N–H and O–H groups in total. The van der Waals surface area contributed by atoms with Crippen LogP contribution in [0.4, 0.5) is 13.2 Å². The van der Waals surface area contributed by atoms with Gasteiger partial charge in [-0.05, 0) is 13.0 Å². The number of carbonyl (C=O) groups is 1. The van der Waals surface area contributed by atoms with E-state index in [9.17, 15) is 18.0 Å². The molecule has 0 aliphatic carbocycles. The van der Waals surface area contributed by atoms with Crippen LogP contribution in [0.5, 0.6) is 0 Å². The predicted octanol–water partition coefficient (Wildman–Crippen LogP) is 3.34. The summed E-state index contributed by atoms with van der Waals surface area (Å²) < 4.78 is 37.2. The molecule has 0 radical (unpaired) electrons. The van der Waals surface area contributed by atoms with E-state index in [4.69, 9.17) is 0 Å². The normalized spacial score (nSPS) is 12.1. The Hall–Kier alpha value is -1.65. The second kappa shape index (κ2) is 4.47. The molecule has 1 heterocycles. The van der Waals surface area contributed by atoms with Crippen LogP contribution < -0.4 is 0 Å². The number of hydrogen-bond acceptors (Lipinski definition) is 2. The fourth-order valence-corrected chi connectivity index (χ4v) is 1.24. The molecular weight excluding hydrogens is 219 g/mol. The summed E-state index contributed by atoms with van der Waals surface area (Å²) in [5.41, 5.74) is -0.624. The largest absolute Gasteiger partial charge is 0.417 e. The van der Waals surface area contributed by atoms with Crippen molar-refractivity contribution in [1.29, 1.82) is 0 Å². The lowest BCUT2D eigenvalue weighted by Crippen LogP contribution is -2.09. The molecule has 0 spiro atoms. The smallest absolute Gasteiger partial charge is 0.293 e. The van der Waals surface area contributed by atoms with E-state index < -0.39 is 11.7 Å². The number of pyridine rings is 1. The van der Waals surface area contributed by atoms with E-state index in [0.717, 1.165) is 6.07 Å². The van der Waals surface area contributed by atoms with Gasteiger partial charge in [-0.2, -0.15) is 13.2 Å². The van der Waals surface area contributed by atoms with Gasteiger partial charge in [0.15, 0.2) is 5.78 Å². The van der Waals surface area contributed by atoms with E-state index in [1.54, 1.807) is 13.0 Å². The van der Waals surface area contributed by atoms with Gasteiger partial charge in [0.25, 0.3) is 0 Å². The lowest BCUT2D eigenvalue weighted by Gasteiger charge is -2.08. The maximum atomic E-state index is 12.4. The van der Waals surface area contributed by atoms with E-state index in [2.05, 4.69) is 4.98 Å². The van der Waals surface area contributed by atoms with Crippen LogP contribution in [0.25, 0.3) is 6.08 Å². The molecule has 1 aromatic heterocycles. The van der Waals surface area contributed by atoms with Crippen molar-refractivity contribution in [3.05, 3.63) is 35.2 Å². The molecule has 86 valence electrons. The molecule has 2 nitrogen and oxygen atoms in total. The van der Waals surface area contributed by atoms with Gasteiger partial charge < -0.3 is 0 Å². The number of rotatable bonds is 2. The Morgan fingerprint density at radius 2 is 2.06 bits per heavy atom. The van der Waals surface area contributed by atoms with Crippen molar-refractivity contribution in [2.45, 2.75) is 20.0 Å². The molecule has 0 saturated heterocycles. The summed E-state index contributed by atoms with van der Waals surface area (Å²) in [5, 5.41) is 0. The zero-order chi connectivity index (χ0) is 12.3. The Kier molecular flexibility index (Phi) is 3.47. The Morgan fingerprint density at radius 1 is 1.44 bits per heavy atom. The first-order valence-corrected chi connectivity index (χ1v) is 4.57. The van der Waals surface area contributed by atoms with Crippen molar-refractivity contribution in [1.82, 2.24) is 4.98 Å². The quantitative estimate of drug-likeness (QED) is 0.728. The number of alkyl halides is 3. The molecule has 5 heteroatoms. The minimum absolute atomic E-state index is 0.0473. The summed E-state index contributed by atoms with van der Waals surface area (Å²) in [4.78, 5) is 14.7. The highest BCUT2D eigenvalue weighted by molar-refractivity contribution is 5.95. The first-order valence-electron chi connectivity index (χ1n) is 4.57. The summed E-state index contributed by atoms with van der Waals surface area (Å²) in [5.74, 6) is -0.359. The molecule has 16 heavy (non-hydrogen) atoms. The average Bonchev–Trinajstić information content (AvgIpc) is 2.16. The Morgan fingerprint density at radius 3 is 2.50 bits per heavy atom. The van der Waals surface area contributed by atoms with Crippen molar-refractivity contribution in [2.24, 2.45) is 0 Å². The summed E-state index contributed by atoms with van der Waals surface area (Å²) >= 11 is 0. The minimum atomic E-state index is -4.45. The molecule has 0 atom stereocenters. The highest BCUT2D eigenvalue weighted by atomic mass is 19.4. The number of halogens is 3. The molecule has 0 bridgehead atoms. The van der Waals surface area contributed by atoms with Crippen LogP contribution >= 0.6 is 0 Å². The van der Waals surface area contributed by atoms with E-state index >= 15 is 0 Å². The molecule has 0 aromatic carbocycles. The maximum Gasteiger partial charge on any atom is 0.417 e. The minimum Gasteiger partial charge on any atom is -0.293 e. The summed E-state index contributed by atoms with van der Waals surface area (Å²) in [6, 6.07) is 0.920. The van der Waals surface area contributed by atoms with Crippen molar-refractivity contribution < 1.29 is 18.0 Å². The number of allylic oxidation sites excluding steroid dienone is 1. The highest BCUT2D eigenvalue weighted by Gasteiger charge is 2.31. The van der Waals surface area contributed by atoms with Gasteiger partial charge >= 0.3 is 6.18 Å². The van der Waals surface area contributed by atoms with Crippen LogP contribution in [0.2, 0.25) is 0 Å². The molecule has 0 aliphatic heterocycles. The van der Waals surface area contributed by atoms with Crippen LogP contribution in [0.1, 0.15) is 35.5 Å². The van der Waals surface area contributed by atoms with E-state index in [1.807, 2.05) is 0 Å². The third-order valence-electron chi connectivity index (χ3n) is 1.92. The third-order valence-corrected chi connectivity index (χ3v) is 1.92. The van der Waals surface area contributed by atoms with Gasteiger partial charge in [0, 0.05) is 18.7 Å². The van der Waals surface area contributed by atoms with Gasteiger partial charge in [-0.15, -0.1) is 0 Å². The number of aromatic nitrogens is 1. The summed E-state index contributed by atoms with van der Waals surface area (Å²) in [6.07, 6.45) is -0.787. The summed E-state index contributed by atoms with van der Waals surface area (Å²) in [6.45, 7) is 2.92. The first kappa shape index (κ1) is 12.4. The fraction of sp³-hybridized carbons (Fsp3) is 0.273. The molecule has 1 aromatic rings. The number of carbonyl (C=O) groups excluding carboxylic acids is 1. The second-order valence-corrected chi connectivity index (χ2v) is 3.22. The molecular formula is C11H10F3NO.